The summed E-state index contributed by atoms with van der Waals surface area (Å²) in [6, 6.07) is 4.38. The third-order valence-electron chi connectivity index (χ3n) is 3.53. The van der Waals surface area contributed by atoms with Crippen LogP contribution in [-0.2, 0) is 9.59 Å². The predicted molar refractivity (Wildman–Crippen MR) is 70.4 cm³/mol. The van der Waals surface area contributed by atoms with Crippen LogP contribution in [0.15, 0.2) is 24.4 Å². The summed E-state index contributed by atoms with van der Waals surface area (Å²) >= 11 is 0. The van der Waals surface area contributed by atoms with Crippen LogP contribution < -0.4 is 10.8 Å². The van der Waals surface area contributed by atoms with Gasteiger partial charge >= 0.3 is 0 Å². The van der Waals surface area contributed by atoms with E-state index in [0.29, 0.717) is 22.9 Å². The number of benzene rings is 1. The van der Waals surface area contributed by atoms with Crippen LogP contribution in [-0.4, -0.2) is 26.7 Å². The molecule has 0 saturated carbocycles. The van der Waals surface area contributed by atoms with Gasteiger partial charge in [0.05, 0.1) is 5.69 Å². The van der Waals surface area contributed by atoms with Crippen molar-refractivity contribution in [3.63, 3.8) is 0 Å². The standard InChI is InChI=1S/C13H13N3O4/c17-11-5-4-10(12(18)14-11)16-6-8-7(13(16)19)2-1-3-9(8)15-20/h1-3,6,10,15,19-20H,4-5H2,(H,14,17,18). The van der Waals surface area contributed by atoms with Gasteiger partial charge in [-0.1, -0.05) is 6.07 Å². The molecule has 7 nitrogen and oxygen atoms in total. The number of imide groups is 1. The highest BCUT2D eigenvalue weighted by molar-refractivity contribution is 6.01. The Balaban J connectivity index is 2.10. The summed E-state index contributed by atoms with van der Waals surface area (Å²) in [5.74, 6) is -0.804. The Bertz CT molecular complexity index is 707. The van der Waals surface area contributed by atoms with Crippen molar-refractivity contribution in [1.82, 2.24) is 9.88 Å². The zero-order valence-corrected chi connectivity index (χ0v) is 10.5. The van der Waals surface area contributed by atoms with Gasteiger partial charge < -0.3 is 9.67 Å². The number of hydrogen-bond acceptors (Lipinski definition) is 5. The number of carbonyl (C=O) groups excluding carboxylic acids is 2. The zero-order valence-electron chi connectivity index (χ0n) is 10.5. The van der Waals surface area contributed by atoms with Crippen LogP contribution in [0.3, 0.4) is 0 Å². The van der Waals surface area contributed by atoms with E-state index in [0.717, 1.165) is 0 Å². The van der Waals surface area contributed by atoms with Crippen LogP contribution in [0.25, 0.3) is 10.8 Å². The van der Waals surface area contributed by atoms with Crippen molar-refractivity contribution in [3.8, 4) is 5.88 Å². The lowest BCUT2D eigenvalue weighted by atomic mass is 10.1. The van der Waals surface area contributed by atoms with Crippen LogP contribution in [0.4, 0.5) is 5.69 Å². The largest absolute Gasteiger partial charge is 0.494 e. The van der Waals surface area contributed by atoms with Crippen LogP contribution in [0, 0.1) is 0 Å². The molecule has 1 aromatic heterocycles. The number of piperidine rings is 1. The van der Waals surface area contributed by atoms with Crippen LogP contribution in [0.1, 0.15) is 18.9 Å². The molecule has 1 atom stereocenters. The maximum Gasteiger partial charge on any atom is 0.249 e. The van der Waals surface area contributed by atoms with Gasteiger partial charge in [0.1, 0.15) is 6.04 Å². The first-order valence-corrected chi connectivity index (χ1v) is 6.18. The minimum Gasteiger partial charge on any atom is -0.494 e. The highest BCUT2D eigenvalue weighted by Gasteiger charge is 2.30. The Morgan fingerprint density at radius 2 is 2.10 bits per heavy atom. The molecule has 1 aliphatic rings. The number of fused-ring (bicyclic) bond motifs is 1. The molecule has 2 amide bonds. The van der Waals surface area contributed by atoms with Crippen molar-refractivity contribution in [2.75, 3.05) is 5.48 Å². The Labute approximate surface area is 113 Å². The topological polar surface area (TPSA) is 104 Å². The van der Waals surface area contributed by atoms with Crippen LogP contribution in [0.2, 0.25) is 0 Å². The quantitative estimate of drug-likeness (QED) is 0.486. The Morgan fingerprint density at radius 3 is 2.80 bits per heavy atom. The summed E-state index contributed by atoms with van der Waals surface area (Å²) in [5.41, 5.74) is 2.49. The molecule has 104 valence electrons. The van der Waals surface area contributed by atoms with E-state index in [2.05, 4.69) is 10.8 Å². The molecule has 0 spiro atoms. The first-order chi connectivity index (χ1) is 9.61. The minimum atomic E-state index is -0.633. The molecule has 1 saturated heterocycles. The Morgan fingerprint density at radius 1 is 1.30 bits per heavy atom. The summed E-state index contributed by atoms with van der Waals surface area (Å²) in [7, 11) is 0. The predicted octanol–water partition coefficient (Wildman–Crippen LogP) is 1.13. The molecule has 1 aliphatic heterocycles. The molecule has 1 fully saturated rings. The molecule has 20 heavy (non-hydrogen) atoms. The molecule has 4 N–H and O–H groups in total. The number of anilines is 1. The molecule has 0 bridgehead atoms. The van der Waals surface area contributed by atoms with Gasteiger partial charge in [0.2, 0.25) is 11.8 Å². The van der Waals surface area contributed by atoms with Gasteiger partial charge in [0, 0.05) is 23.4 Å². The van der Waals surface area contributed by atoms with Gasteiger partial charge in [-0.3, -0.25) is 25.6 Å². The second kappa shape index (κ2) is 4.53. The fraction of sp³-hybridized carbons (Fsp3) is 0.231. The zero-order chi connectivity index (χ0) is 14.3. The maximum atomic E-state index is 11.9. The summed E-state index contributed by atoms with van der Waals surface area (Å²) in [6.45, 7) is 0. The number of carbonyl (C=O) groups is 2. The minimum absolute atomic E-state index is 0.0633. The third-order valence-corrected chi connectivity index (χ3v) is 3.53. The van der Waals surface area contributed by atoms with Gasteiger partial charge in [0.25, 0.3) is 0 Å². The van der Waals surface area contributed by atoms with Crippen molar-refractivity contribution in [2.45, 2.75) is 18.9 Å². The number of nitrogens with zero attached hydrogens (tertiary/aromatic N) is 1. The molecule has 0 aliphatic carbocycles. The maximum absolute atomic E-state index is 11.9. The van der Waals surface area contributed by atoms with E-state index in [9.17, 15) is 14.7 Å². The highest BCUT2D eigenvalue weighted by atomic mass is 16.5. The summed E-state index contributed by atoms with van der Waals surface area (Å²) < 4.78 is 1.42. The van der Waals surface area contributed by atoms with E-state index in [1.807, 2.05) is 0 Å². The van der Waals surface area contributed by atoms with E-state index < -0.39 is 11.9 Å². The normalized spacial score (nSPS) is 19.1. The van der Waals surface area contributed by atoms with Crippen molar-refractivity contribution < 1.29 is 19.9 Å². The molecule has 2 aromatic rings. The SMILES string of the molecule is O=C1CCC(n2cc3c(NO)cccc3c2O)C(=O)N1. The first kappa shape index (κ1) is 12.5. The second-order valence-electron chi connectivity index (χ2n) is 4.71. The van der Waals surface area contributed by atoms with Crippen molar-refractivity contribution in [2.24, 2.45) is 0 Å². The van der Waals surface area contributed by atoms with Gasteiger partial charge in [-0.05, 0) is 18.6 Å². The molecule has 1 unspecified atom stereocenters. The summed E-state index contributed by atoms with van der Waals surface area (Å²) in [4.78, 5) is 23.0. The van der Waals surface area contributed by atoms with Crippen molar-refractivity contribution >= 4 is 28.3 Å². The average Bonchev–Trinajstić information content (AvgIpc) is 2.76. The molecule has 7 heteroatoms. The smallest absolute Gasteiger partial charge is 0.249 e. The fourth-order valence-corrected chi connectivity index (χ4v) is 2.52. The van der Waals surface area contributed by atoms with Crippen LogP contribution >= 0.6 is 0 Å². The molecular weight excluding hydrogens is 262 g/mol. The van der Waals surface area contributed by atoms with Crippen LogP contribution in [0.5, 0.6) is 5.88 Å². The number of hydrogen-bond donors (Lipinski definition) is 4. The molecule has 1 aromatic carbocycles. The van der Waals surface area contributed by atoms with Crippen molar-refractivity contribution in [3.05, 3.63) is 24.4 Å². The second-order valence-corrected chi connectivity index (χ2v) is 4.71. The fourth-order valence-electron chi connectivity index (χ4n) is 2.52. The lowest BCUT2D eigenvalue weighted by Gasteiger charge is -2.22. The van der Waals surface area contributed by atoms with E-state index in [4.69, 9.17) is 5.21 Å². The van der Waals surface area contributed by atoms with Gasteiger partial charge in [-0.2, -0.15) is 0 Å². The first-order valence-electron chi connectivity index (χ1n) is 6.18. The Kier molecular flexibility index (Phi) is 2.83. The molecule has 0 radical (unpaired) electrons. The van der Waals surface area contributed by atoms with Gasteiger partial charge in [-0.15, -0.1) is 0 Å². The van der Waals surface area contributed by atoms with E-state index in [-0.39, 0.29) is 18.2 Å². The number of aromatic hydroxyl groups is 1. The molecule has 3 rings (SSSR count). The van der Waals surface area contributed by atoms with Gasteiger partial charge in [0.15, 0.2) is 5.88 Å². The Hall–Kier alpha value is -2.54. The molecular formula is C13H13N3O4. The monoisotopic (exact) mass is 275 g/mol. The van der Waals surface area contributed by atoms with Gasteiger partial charge in [-0.25, -0.2) is 0 Å². The highest BCUT2D eigenvalue weighted by Crippen LogP contribution is 2.35. The molecule has 2 heterocycles. The van der Waals surface area contributed by atoms with E-state index in [1.54, 1.807) is 24.4 Å². The number of aromatic nitrogens is 1. The third kappa shape index (κ3) is 1.79. The van der Waals surface area contributed by atoms with E-state index in [1.165, 1.54) is 4.57 Å². The van der Waals surface area contributed by atoms with E-state index >= 15 is 0 Å². The number of amides is 2. The summed E-state index contributed by atoms with van der Waals surface area (Å²) in [6.07, 6.45) is 2.15. The lowest BCUT2D eigenvalue weighted by Crippen LogP contribution is -2.41. The summed E-state index contributed by atoms with van der Waals surface area (Å²) in [5, 5.41) is 22.7. The van der Waals surface area contributed by atoms with Crippen molar-refractivity contribution in [1.29, 1.82) is 0 Å². The lowest BCUT2D eigenvalue weighted by molar-refractivity contribution is -0.135. The number of rotatable bonds is 2. The average molecular weight is 275 g/mol. The number of nitrogens with one attached hydrogen (secondary N) is 2.